The van der Waals surface area contributed by atoms with E-state index in [1.165, 1.54) is 5.56 Å². The second kappa shape index (κ2) is 7.32. The molecule has 4 rings (SSSR count). The second-order valence-corrected chi connectivity index (χ2v) is 7.97. The lowest BCUT2D eigenvalue weighted by Crippen LogP contribution is -2.19. The van der Waals surface area contributed by atoms with Crippen molar-refractivity contribution in [2.45, 2.75) is 39.7 Å². The molecule has 0 spiro atoms. The van der Waals surface area contributed by atoms with Gasteiger partial charge in [0.2, 0.25) is 0 Å². The van der Waals surface area contributed by atoms with E-state index < -0.39 is 0 Å². The lowest BCUT2D eigenvalue weighted by atomic mass is 10.0. The molecule has 148 valence electrons. The number of fused-ring (bicyclic) bond motifs is 1. The van der Waals surface area contributed by atoms with E-state index in [1.807, 2.05) is 43.6 Å². The zero-order valence-electron chi connectivity index (χ0n) is 17.5. The quantitative estimate of drug-likeness (QED) is 0.504. The Morgan fingerprint density at radius 3 is 2.48 bits per heavy atom. The zero-order chi connectivity index (χ0) is 20.7. The van der Waals surface area contributed by atoms with Crippen molar-refractivity contribution in [1.29, 1.82) is 0 Å². The van der Waals surface area contributed by atoms with Gasteiger partial charge in [0.15, 0.2) is 0 Å². The van der Waals surface area contributed by atoms with Crippen LogP contribution in [0.1, 0.15) is 49.6 Å². The van der Waals surface area contributed by atoms with Gasteiger partial charge < -0.3 is 9.13 Å². The van der Waals surface area contributed by atoms with Crippen LogP contribution in [0.5, 0.6) is 0 Å². The highest BCUT2D eigenvalue weighted by Gasteiger charge is 2.21. The lowest BCUT2D eigenvalue weighted by Gasteiger charge is -2.18. The summed E-state index contributed by atoms with van der Waals surface area (Å²) in [5.74, 6) is 1.27. The fourth-order valence-corrected chi connectivity index (χ4v) is 3.82. The van der Waals surface area contributed by atoms with Gasteiger partial charge in [0, 0.05) is 30.6 Å². The molecule has 4 aromatic rings. The molecule has 5 nitrogen and oxygen atoms in total. The van der Waals surface area contributed by atoms with Crippen LogP contribution in [-0.4, -0.2) is 19.1 Å². The number of imidazole rings is 1. The Kier molecular flexibility index (Phi) is 4.82. The first-order valence-electron chi connectivity index (χ1n) is 9.97. The number of aryl methyl sites for hydroxylation is 2. The number of pyridine rings is 2. The van der Waals surface area contributed by atoms with E-state index in [9.17, 15) is 4.79 Å². The summed E-state index contributed by atoms with van der Waals surface area (Å²) in [4.78, 5) is 21.8. The van der Waals surface area contributed by atoms with E-state index in [1.54, 1.807) is 11.6 Å². The van der Waals surface area contributed by atoms with E-state index >= 15 is 0 Å². The van der Waals surface area contributed by atoms with Crippen LogP contribution in [-0.2, 0) is 7.05 Å². The van der Waals surface area contributed by atoms with Gasteiger partial charge in [-0.1, -0.05) is 26.0 Å². The van der Waals surface area contributed by atoms with Crippen molar-refractivity contribution in [2.24, 2.45) is 7.05 Å². The maximum Gasteiger partial charge on any atom is 0.253 e. The van der Waals surface area contributed by atoms with Gasteiger partial charge in [-0.25, -0.2) is 4.98 Å². The smallest absolute Gasteiger partial charge is 0.253 e. The van der Waals surface area contributed by atoms with Crippen molar-refractivity contribution in [3.63, 3.8) is 0 Å². The van der Waals surface area contributed by atoms with Crippen LogP contribution in [0.3, 0.4) is 0 Å². The molecular weight excluding hydrogens is 360 g/mol. The van der Waals surface area contributed by atoms with Gasteiger partial charge in [-0.05, 0) is 55.7 Å². The molecule has 0 aliphatic carbocycles. The van der Waals surface area contributed by atoms with Gasteiger partial charge >= 0.3 is 0 Å². The number of hydrogen-bond acceptors (Lipinski definition) is 3. The predicted octanol–water partition coefficient (Wildman–Crippen LogP) is 4.84. The monoisotopic (exact) mass is 386 g/mol. The van der Waals surface area contributed by atoms with Crippen LogP contribution < -0.4 is 5.56 Å². The fourth-order valence-electron chi connectivity index (χ4n) is 3.82. The topological polar surface area (TPSA) is 52.7 Å². The maximum atomic E-state index is 12.2. The van der Waals surface area contributed by atoms with Crippen molar-refractivity contribution in [3.8, 4) is 11.4 Å². The lowest BCUT2D eigenvalue weighted by molar-refractivity contribution is 0.643. The third-order valence-electron chi connectivity index (χ3n) is 5.50. The van der Waals surface area contributed by atoms with Gasteiger partial charge in [0.1, 0.15) is 5.82 Å². The van der Waals surface area contributed by atoms with Crippen molar-refractivity contribution in [2.75, 3.05) is 0 Å². The first-order chi connectivity index (χ1) is 13.9. The molecule has 0 unspecified atom stereocenters. The van der Waals surface area contributed by atoms with Gasteiger partial charge in [0.25, 0.3) is 5.56 Å². The van der Waals surface area contributed by atoms with Gasteiger partial charge in [-0.2, -0.15) is 0 Å². The Balaban J connectivity index is 2.02. The second-order valence-electron chi connectivity index (χ2n) is 7.97. The summed E-state index contributed by atoms with van der Waals surface area (Å²) in [6.07, 6.45) is 3.68. The van der Waals surface area contributed by atoms with E-state index in [2.05, 4.69) is 48.5 Å². The Hall–Kier alpha value is -3.21. The summed E-state index contributed by atoms with van der Waals surface area (Å²) in [7, 11) is 1.78. The van der Waals surface area contributed by atoms with Crippen LogP contribution in [0.2, 0.25) is 0 Å². The van der Waals surface area contributed by atoms with Crippen molar-refractivity contribution >= 4 is 11.0 Å². The summed E-state index contributed by atoms with van der Waals surface area (Å²) in [6, 6.07) is 14.4. The SMILES string of the molecule is Cc1cc(-c2nc3ccc(C(C)C)cc3n2[C@@H](C)c2ccccn2)cn(C)c1=O. The summed E-state index contributed by atoms with van der Waals surface area (Å²) in [6.45, 7) is 8.38. The zero-order valence-corrected chi connectivity index (χ0v) is 17.5. The molecule has 0 fully saturated rings. The van der Waals surface area contributed by atoms with E-state index in [0.29, 0.717) is 11.5 Å². The molecule has 0 aliphatic rings. The third kappa shape index (κ3) is 3.37. The van der Waals surface area contributed by atoms with Crippen LogP contribution in [0.15, 0.2) is 59.7 Å². The Morgan fingerprint density at radius 2 is 1.83 bits per heavy atom. The number of rotatable bonds is 4. The standard InChI is InChI=1S/C24H26N4O/c1-15(2)18-9-10-21-22(13-18)28(17(4)20-8-6-7-11-25-20)23(26-21)19-12-16(3)24(29)27(5)14-19/h6-15,17H,1-5H3/t17-/m0/s1. The first kappa shape index (κ1) is 19.1. The minimum absolute atomic E-state index is 0.00356. The molecule has 3 aromatic heterocycles. The molecule has 0 amide bonds. The Labute approximate surface area is 170 Å². The number of benzene rings is 1. The molecule has 0 aliphatic heterocycles. The Morgan fingerprint density at radius 1 is 1.03 bits per heavy atom. The number of aromatic nitrogens is 4. The molecule has 0 radical (unpaired) electrons. The van der Waals surface area contributed by atoms with Gasteiger partial charge in [0.05, 0.1) is 22.8 Å². The predicted molar refractivity (Wildman–Crippen MR) is 117 cm³/mol. The van der Waals surface area contributed by atoms with E-state index in [4.69, 9.17) is 4.98 Å². The molecule has 0 N–H and O–H groups in total. The molecule has 0 saturated heterocycles. The molecule has 1 aromatic carbocycles. The van der Waals surface area contributed by atoms with Gasteiger partial charge in [-0.15, -0.1) is 0 Å². The van der Waals surface area contributed by atoms with Crippen molar-refractivity contribution in [3.05, 3.63) is 82.0 Å². The molecule has 0 saturated carbocycles. The van der Waals surface area contributed by atoms with Crippen molar-refractivity contribution in [1.82, 2.24) is 19.1 Å². The highest BCUT2D eigenvalue weighted by Crippen LogP contribution is 2.32. The average molecular weight is 386 g/mol. The van der Waals surface area contributed by atoms with Crippen LogP contribution in [0.25, 0.3) is 22.4 Å². The largest absolute Gasteiger partial charge is 0.318 e. The average Bonchev–Trinajstić information content (AvgIpc) is 3.10. The molecule has 3 heterocycles. The van der Waals surface area contributed by atoms with Crippen LogP contribution in [0, 0.1) is 6.92 Å². The maximum absolute atomic E-state index is 12.2. The molecule has 29 heavy (non-hydrogen) atoms. The summed E-state index contributed by atoms with van der Waals surface area (Å²) in [5, 5.41) is 0. The molecule has 1 atom stereocenters. The fraction of sp³-hybridized carbons (Fsp3) is 0.292. The Bertz CT molecular complexity index is 1210. The molecular formula is C24H26N4O. The third-order valence-corrected chi connectivity index (χ3v) is 5.50. The highest BCUT2D eigenvalue weighted by atomic mass is 16.1. The normalized spacial score (nSPS) is 12.6. The number of hydrogen-bond donors (Lipinski definition) is 0. The van der Waals surface area contributed by atoms with E-state index in [0.717, 1.165) is 28.1 Å². The highest BCUT2D eigenvalue weighted by molar-refractivity contribution is 5.82. The van der Waals surface area contributed by atoms with Gasteiger partial charge in [-0.3, -0.25) is 9.78 Å². The van der Waals surface area contributed by atoms with Crippen molar-refractivity contribution < 1.29 is 0 Å². The molecule has 5 heteroatoms. The summed E-state index contributed by atoms with van der Waals surface area (Å²) in [5.41, 5.74) is 5.91. The molecule has 0 bridgehead atoms. The minimum Gasteiger partial charge on any atom is -0.318 e. The first-order valence-corrected chi connectivity index (χ1v) is 9.97. The number of nitrogens with zero attached hydrogens (tertiary/aromatic N) is 4. The summed E-state index contributed by atoms with van der Waals surface area (Å²) < 4.78 is 3.86. The van der Waals surface area contributed by atoms with E-state index in [-0.39, 0.29) is 11.6 Å². The summed E-state index contributed by atoms with van der Waals surface area (Å²) >= 11 is 0. The van der Waals surface area contributed by atoms with Crippen LogP contribution >= 0.6 is 0 Å². The minimum atomic E-state index is -0.00356. The van der Waals surface area contributed by atoms with Crippen LogP contribution in [0.4, 0.5) is 0 Å².